The lowest BCUT2D eigenvalue weighted by Crippen LogP contribution is -2.48. The molecule has 1 amide bonds. The minimum absolute atomic E-state index is 0.145. The number of aliphatic carboxylic acids is 1. The van der Waals surface area contributed by atoms with Gasteiger partial charge in [0, 0.05) is 6.54 Å². The largest absolute Gasteiger partial charge is 0.548 e. The number of ether oxygens (including phenoxy) is 1. The summed E-state index contributed by atoms with van der Waals surface area (Å²) in [5, 5.41) is 10.8. The van der Waals surface area contributed by atoms with E-state index in [4.69, 9.17) is 4.74 Å². The van der Waals surface area contributed by atoms with Crippen LogP contribution in [0.3, 0.4) is 0 Å². The van der Waals surface area contributed by atoms with Crippen LogP contribution in [0.4, 0.5) is 0 Å². The van der Waals surface area contributed by atoms with Crippen LogP contribution in [0.1, 0.15) is 12.8 Å². The number of likely N-dealkylation sites (tertiary alicyclic amines) is 1. The van der Waals surface area contributed by atoms with Crippen molar-refractivity contribution in [1.82, 2.24) is 4.90 Å². The van der Waals surface area contributed by atoms with Crippen LogP contribution in [-0.2, 0) is 9.59 Å². The quantitative estimate of drug-likeness (QED) is 0.740. The Morgan fingerprint density at radius 3 is 2.72 bits per heavy atom. The minimum Gasteiger partial charge on any atom is -0.548 e. The van der Waals surface area contributed by atoms with Crippen LogP contribution in [-0.4, -0.2) is 36.0 Å². The molecule has 0 aliphatic carbocycles. The summed E-state index contributed by atoms with van der Waals surface area (Å²) >= 11 is 0. The van der Waals surface area contributed by atoms with Crippen molar-refractivity contribution < 1.29 is 19.4 Å². The van der Waals surface area contributed by atoms with Crippen molar-refractivity contribution in [3.8, 4) is 5.75 Å². The Hall–Kier alpha value is -2.04. The van der Waals surface area contributed by atoms with Gasteiger partial charge in [0.15, 0.2) is 6.61 Å². The van der Waals surface area contributed by atoms with E-state index in [9.17, 15) is 14.7 Å². The van der Waals surface area contributed by atoms with E-state index in [-0.39, 0.29) is 12.5 Å². The van der Waals surface area contributed by atoms with Crippen molar-refractivity contribution in [3.05, 3.63) is 30.3 Å². The Bertz CT molecular complexity index is 432. The number of carboxylic acid groups (broad SMARTS) is 1. The van der Waals surface area contributed by atoms with Gasteiger partial charge in [0.1, 0.15) is 5.75 Å². The van der Waals surface area contributed by atoms with E-state index in [2.05, 4.69) is 0 Å². The average molecular weight is 248 g/mol. The molecule has 1 saturated heterocycles. The van der Waals surface area contributed by atoms with Crippen LogP contribution in [0.2, 0.25) is 0 Å². The van der Waals surface area contributed by atoms with Gasteiger partial charge in [-0.1, -0.05) is 18.2 Å². The molecule has 1 aromatic carbocycles. The molecule has 0 unspecified atom stereocenters. The standard InChI is InChI=1S/C13H15NO4/c15-12(9-18-10-5-2-1-3-6-10)14-8-4-7-11(14)13(16)17/h1-3,5-6,11H,4,7-9H2,(H,16,17)/p-1/t11-/m0/s1. The minimum atomic E-state index is -1.19. The molecule has 5 nitrogen and oxygen atoms in total. The zero-order valence-electron chi connectivity index (χ0n) is 9.87. The number of nitrogens with zero attached hydrogens (tertiary/aromatic N) is 1. The van der Waals surface area contributed by atoms with Crippen molar-refractivity contribution >= 4 is 11.9 Å². The van der Waals surface area contributed by atoms with Gasteiger partial charge in [0.05, 0.1) is 12.0 Å². The molecule has 1 heterocycles. The number of para-hydroxylation sites is 1. The van der Waals surface area contributed by atoms with Gasteiger partial charge in [-0.3, -0.25) is 4.79 Å². The van der Waals surface area contributed by atoms with Crippen LogP contribution in [0.5, 0.6) is 5.75 Å². The van der Waals surface area contributed by atoms with E-state index in [1.165, 1.54) is 4.90 Å². The maximum atomic E-state index is 11.8. The third-order valence-electron chi connectivity index (χ3n) is 2.95. The maximum Gasteiger partial charge on any atom is 0.261 e. The second-order valence-corrected chi connectivity index (χ2v) is 4.17. The number of amides is 1. The van der Waals surface area contributed by atoms with Crippen LogP contribution >= 0.6 is 0 Å². The molecule has 0 radical (unpaired) electrons. The van der Waals surface area contributed by atoms with Crippen LogP contribution in [0.25, 0.3) is 0 Å². The Morgan fingerprint density at radius 1 is 1.33 bits per heavy atom. The lowest BCUT2D eigenvalue weighted by Gasteiger charge is -2.25. The summed E-state index contributed by atoms with van der Waals surface area (Å²) in [6.07, 6.45) is 1.15. The Labute approximate surface area is 105 Å². The molecular weight excluding hydrogens is 234 g/mol. The Balaban J connectivity index is 1.90. The van der Waals surface area contributed by atoms with Gasteiger partial charge in [0.2, 0.25) is 0 Å². The molecule has 0 N–H and O–H groups in total. The highest BCUT2D eigenvalue weighted by Gasteiger charge is 2.29. The third kappa shape index (κ3) is 2.80. The van der Waals surface area contributed by atoms with Crippen LogP contribution in [0, 0.1) is 0 Å². The zero-order valence-corrected chi connectivity index (χ0v) is 9.87. The van der Waals surface area contributed by atoms with Gasteiger partial charge in [-0.05, 0) is 25.0 Å². The fourth-order valence-corrected chi connectivity index (χ4v) is 2.05. The first-order valence-electron chi connectivity index (χ1n) is 5.86. The van der Waals surface area contributed by atoms with Crippen molar-refractivity contribution in [2.45, 2.75) is 18.9 Å². The molecule has 1 aromatic rings. The van der Waals surface area contributed by atoms with Gasteiger partial charge in [-0.15, -0.1) is 0 Å². The van der Waals surface area contributed by atoms with Gasteiger partial charge < -0.3 is 19.5 Å². The van der Waals surface area contributed by atoms with E-state index >= 15 is 0 Å². The number of carbonyl (C=O) groups is 2. The number of hydrogen-bond acceptors (Lipinski definition) is 4. The van der Waals surface area contributed by atoms with E-state index in [0.29, 0.717) is 25.1 Å². The predicted octanol–water partition coefficient (Wildman–Crippen LogP) is -0.194. The summed E-state index contributed by atoms with van der Waals surface area (Å²) in [7, 11) is 0. The molecule has 18 heavy (non-hydrogen) atoms. The topological polar surface area (TPSA) is 69.7 Å². The number of rotatable bonds is 4. The van der Waals surface area contributed by atoms with Crippen molar-refractivity contribution in [2.75, 3.05) is 13.2 Å². The number of hydrogen-bond donors (Lipinski definition) is 0. The van der Waals surface area contributed by atoms with Gasteiger partial charge in [-0.2, -0.15) is 0 Å². The molecule has 0 bridgehead atoms. The molecule has 5 heteroatoms. The van der Waals surface area contributed by atoms with Gasteiger partial charge in [0.25, 0.3) is 5.91 Å². The Kier molecular flexibility index (Phi) is 3.82. The van der Waals surface area contributed by atoms with Crippen molar-refractivity contribution in [1.29, 1.82) is 0 Å². The normalized spacial score (nSPS) is 18.7. The first-order chi connectivity index (χ1) is 8.68. The molecule has 1 aliphatic heterocycles. The predicted molar refractivity (Wildman–Crippen MR) is 61.7 cm³/mol. The van der Waals surface area contributed by atoms with E-state index < -0.39 is 12.0 Å². The van der Waals surface area contributed by atoms with E-state index in [1.807, 2.05) is 6.07 Å². The average Bonchev–Trinajstić information content (AvgIpc) is 2.86. The van der Waals surface area contributed by atoms with E-state index in [1.54, 1.807) is 24.3 Å². The van der Waals surface area contributed by atoms with Crippen LogP contribution in [0.15, 0.2) is 30.3 Å². The summed E-state index contributed by atoms with van der Waals surface area (Å²) < 4.78 is 5.30. The molecule has 0 saturated carbocycles. The summed E-state index contributed by atoms with van der Waals surface area (Å²) in [6.45, 7) is 0.309. The highest BCUT2D eigenvalue weighted by molar-refractivity contribution is 5.84. The van der Waals surface area contributed by atoms with Gasteiger partial charge in [-0.25, -0.2) is 0 Å². The van der Waals surface area contributed by atoms with Crippen molar-refractivity contribution in [3.63, 3.8) is 0 Å². The van der Waals surface area contributed by atoms with Crippen LogP contribution < -0.4 is 9.84 Å². The third-order valence-corrected chi connectivity index (χ3v) is 2.95. The fraction of sp³-hybridized carbons (Fsp3) is 0.385. The Morgan fingerprint density at radius 2 is 2.06 bits per heavy atom. The summed E-state index contributed by atoms with van der Waals surface area (Å²) in [5.74, 6) is -0.916. The molecular formula is C13H14NO4-. The van der Waals surface area contributed by atoms with E-state index in [0.717, 1.165) is 0 Å². The molecule has 96 valence electrons. The lowest BCUT2D eigenvalue weighted by atomic mass is 10.2. The zero-order chi connectivity index (χ0) is 13.0. The second-order valence-electron chi connectivity index (χ2n) is 4.17. The molecule has 1 aliphatic rings. The monoisotopic (exact) mass is 248 g/mol. The number of carboxylic acids is 1. The fourth-order valence-electron chi connectivity index (χ4n) is 2.05. The lowest BCUT2D eigenvalue weighted by molar-refractivity contribution is -0.310. The number of benzene rings is 1. The summed E-state index contributed by atoms with van der Waals surface area (Å²) in [4.78, 5) is 24.0. The van der Waals surface area contributed by atoms with Crippen molar-refractivity contribution in [2.24, 2.45) is 0 Å². The first-order valence-corrected chi connectivity index (χ1v) is 5.86. The SMILES string of the molecule is O=C([O-])[C@@H]1CCCN1C(=O)COc1ccccc1. The summed E-state index contributed by atoms with van der Waals surface area (Å²) in [5.41, 5.74) is 0. The first kappa shape index (κ1) is 12.4. The van der Waals surface area contributed by atoms with Gasteiger partial charge >= 0.3 is 0 Å². The molecule has 1 fully saturated rings. The molecule has 2 rings (SSSR count). The smallest absolute Gasteiger partial charge is 0.261 e. The molecule has 1 atom stereocenters. The molecule has 0 aromatic heterocycles. The highest BCUT2D eigenvalue weighted by atomic mass is 16.5. The summed E-state index contributed by atoms with van der Waals surface area (Å²) in [6, 6.07) is 8.14. The highest BCUT2D eigenvalue weighted by Crippen LogP contribution is 2.17. The number of carbonyl (C=O) groups excluding carboxylic acids is 2. The molecule has 0 spiro atoms. The second kappa shape index (κ2) is 5.53. The maximum absolute atomic E-state index is 11.8.